The highest BCUT2D eigenvalue weighted by Crippen LogP contribution is 2.14. The SMILES string of the molecule is CN(CC(=O)NCc1cccc(C(=O)N2CCCC2)c1)C(=O)c1ccco1. The molecule has 0 aliphatic carbocycles. The summed E-state index contributed by atoms with van der Waals surface area (Å²) in [6.07, 6.45) is 3.51. The Hall–Kier alpha value is -3.09. The summed E-state index contributed by atoms with van der Waals surface area (Å²) in [6.45, 7) is 1.82. The van der Waals surface area contributed by atoms with Gasteiger partial charge in [0.15, 0.2) is 5.76 Å². The van der Waals surface area contributed by atoms with E-state index in [-0.39, 0.29) is 30.0 Å². The molecule has 0 atom stereocenters. The maximum absolute atomic E-state index is 12.5. The molecule has 1 aromatic carbocycles. The van der Waals surface area contributed by atoms with E-state index in [1.807, 2.05) is 17.0 Å². The second kappa shape index (κ2) is 8.53. The van der Waals surface area contributed by atoms with Crippen molar-refractivity contribution in [2.75, 3.05) is 26.7 Å². The number of nitrogens with one attached hydrogen (secondary N) is 1. The van der Waals surface area contributed by atoms with Gasteiger partial charge >= 0.3 is 0 Å². The molecule has 0 saturated carbocycles. The second-order valence-corrected chi connectivity index (χ2v) is 6.61. The van der Waals surface area contributed by atoms with Gasteiger partial charge in [-0.25, -0.2) is 0 Å². The van der Waals surface area contributed by atoms with Gasteiger partial charge < -0.3 is 19.5 Å². The van der Waals surface area contributed by atoms with Crippen molar-refractivity contribution in [2.24, 2.45) is 0 Å². The van der Waals surface area contributed by atoms with E-state index in [9.17, 15) is 14.4 Å². The van der Waals surface area contributed by atoms with Crippen LogP contribution in [0.4, 0.5) is 0 Å². The smallest absolute Gasteiger partial charge is 0.289 e. The van der Waals surface area contributed by atoms with E-state index in [1.54, 1.807) is 31.3 Å². The lowest BCUT2D eigenvalue weighted by Gasteiger charge is -2.17. The van der Waals surface area contributed by atoms with Crippen LogP contribution >= 0.6 is 0 Å². The average molecular weight is 369 g/mol. The molecule has 1 aliphatic heterocycles. The number of benzene rings is 1. The third kappa shape index (κ3) is 4.75. The first-order valence-corrected chi connectivity index (χ1v) is 8.98. The minimum atomic E-state index is -0.353. The predicted molar refractivity (Wildman–Crippen MR) is 99.1 cm³/mol. The van der Waals surface area contributed by atoms with Gasteiger partial charge in [0.2, 0.25) is 5.91 Å². The van der Waals surface area contributed by atoms with Crippen molar-refractivity contribution in [1.82, 2.24) is 15.1 Å². The molecule has 7 heteroatoms. The molecule has 0 bridgehead atoms. The van der Waals surface area contributed by atoms with Crippen LogP contribution in [-0.4, -0.2) is 54.2 Å². The average Bonchev–Trinajstić information content (AvgIpc) is 3.39. The van der Waals surface area contributed by atoms with Crippen molar-refractivity contribution in [3.05, 3.63) is 59.5 Å². The molecule has 3 amide bonds. The quantitative estimate of drug-likeness (QED) is 0.843. The van der Waals surface area contributed by atoms with E-state index in [0.717, 1.165) is 31.5 Å². The van der Waals surface area contributed by atoms with Gasteiger partial charge in [0, 0.05) is 32.2 Å². The van der Waals surface area contributed by atoms with E-state index in [1.165, 1.54) is 11.2 Å². The zero-order chi connectivity index (χ0) is 19.2. The standard InChI is InChI=1S/C20H23N3O4/c1-22(20(26)17-8-5-11-27-17)14-18(24)21-13-15-6-4-7-16(12-15)19(25)23-9-2-3-10-23/h4-8,11-12H,2-3,9-10,13-14H2,1H3,(H,21,24). The molecule has 2 aromatic rings. The van der Waals surface area contributed by atoms with Crippen LogP contribution in [0.25, 0.3) is 0 Å². The summed E-state index contributed by atoms with van der Waals surface area (Å²) in [5.74, 6) is -0.412. The number of likely N-dealkylation sites (N-methyl/N-ethyl adjacent to an activating group) is 1. The van der Waals surface area contributed by atoms with Gasteiger partial charge in [-0.05, 0) is 42.7 Å². The largest absolute Gasteiger partial charge is 0.459 e. The fourth-order valence-electron chi connectivity index (χ4n) is 3.05. The number of furan rings is 1. The molecular weight excluding hydrogens is 346 g/mol. The number of likely N-dealkylation sites (tertiary alicyclic amines) is 1. The van der Waals surface area contributed by atoms with Gasteiger partial charge in [0.1, 0.15) is 0 Å². The molecule has 1 aliphatic rings. The van der Waals surface area contributed by atoms with E-state index in [0.29, 0.717) is 12.1 Å². The zero-order valence-corrected chi connectivity index (χ0v) is 15.3. The summed E-state index contributed by atoms with van der Waals surface area (Å²) < 4.78 is 5.05. The second-order valence-electron chi connectivity index (χ2n) is 6.61. The molecule has 7 nitrogen and oxygen atoms in total. The highest BCUT2D eigenvalue weighted by Gasteiger charge is 2.20. The Kier molecular flexibility index (Phi) is 5.90. The monoisotopic (exact) mass is 369 g/mol. The van der Waals surface area contributed by atoms with Crippen LogP contribution in [0.15, 0.2) is 47.1 Å². The summed E-state index contributed by atoms with van der Waals surface area (Å²) in [7, 11) is 1.54. The van der Waals surface area contributed by atoms with Crippen molar-refractivity contribution in [3.63, 3.8) is 0 Å². The highest BCUT2D eigenvalue weighted by atomic mass is 16.3. The lowest BCUT2D eigenvalue weighted by atomic mass is 10.1. The number of hydrogen-bond acceptors (Lipinski definition) is 4. The molecule has 142 valence electrons. The fourth-order valence-corrected chi connectivity index (χ4v) is 3.05. The molecule has 1 aromatic heterocycles. The molecular formula is C20H23N3O4. The number of rotatable bonds is 6. The Labute approximate surface area is 157 Å². The Morgan fingerprint density at radius 2 is 1.93 bits per heavy atom. The van der Waals surface area contributed by atoms with Crippen molar-refractivity contribution < 1.29 is 18.8 Å². The summed E-state index contributed by atoms with van der Waals surface area (Å²) in [6, 6.07) is 10.5. The topological polar surface area (TPSA) is 82.9 Å². The van der Waals surface area contributed by atoms with E-state index < -0.39 is 0 Å². The normalized spacial score (nSPS) is 13.4. The Balaban J connectivity index is 1.52. The zero-order valence-electron chi connectivity index (χ0n) is 15.3. The van der Waals surface area contributed by atoms with E-state index in [4.69, 9.17) is 4.42 Å². The number of amides is 3. The molecule has 0 spiro atoms. The van der Waals surface area contributed by atoms with Crippen molar-refractivity contribution in [2.45, 2.75) is 19.4 Å². The Bertz CT molecular complexity index is 810. The minimum absolute atomic E-state index is 0.0319. The molecule has 27 heavy (non-hydrogen) atoms. The maximum atomic E-state index is 12.5. The highest BCUT2D eigenvalue weighted by molar-refractivity contribution is 5.95. The van der Waals surface area contributed by atoms with Crippen molar-refractivity contribution in [1.29, 1.82) is 0 Å². The fraction of sp³-hybridized carbons (Fsp3) is 0.350. The predicted octanol–water partition coefficient (Wildman–Crippen LogP) is 1.90. The van der Waals surface area contributed by atoms with Gasteiger partial charge in [0.25, 0.3) is 11.8 Å². The van der Waals surface area contributed by atoms with Gasteiger partial charge in [-0.15, -0.1) is 0 Å². The molecule has 2 heterocycles. The number of hydrogen-bond donors (Lipinski definition) is 1. The van der Waals surface area contributed by atoms with E-state index >= 15 is 0 Å². The van der Waals surface area contributed by atoms with Gasteiger partial charge in [-0.1, -0.05) is 12.1 Å². The molecule has 0 radical (unpaired) electrons. The van der Waals surface area contributed by atoms with Crippen molar-refractivity contribution >= 4 is 17.7 Å². The van der Waals surface area contributed by atoms with Gasteiger partial charge in [0.05, 0.1) is 12.8 Å². The minimum Gasteiger partial charge on any atom is -0.459 e. The number of carbonyl (C=O) groups excluding carboxylic acids is 3. The molecule has 0 unspecified atom stereocenters. The van der Waals surface area contributed by atoms with Crippen LogP contribution in [0.3, 0.4) is 0 Å². The number of carbonyl (C=O) groups is 3. The lowest BCUT2D eigenvalue weighted by Crippen LogP contribution is -2.38. The van der Waals surface area contributed by atoms with Crippen LogP contribution < -0.4 is 5.32 Å². The summed E-state index contributed by atoms with van der Waals surface area (Å²) in [5, 5.41) is 2.78. The Morgan fingerprint density at radius 3 is 2.63 bits per heavy atom. The van der Waals surface area contributed by atoms with Crippen LogP contribution in [0.5, 0.6) is 0 Å². The lowest BCUT2D eigenvalue weighted by molar-refractivity contribution is -0.121. The number of nitrogens with zero attached hydrogens (tertiary/aromatic N) is 2. The maximum Gasteiger partial charge on any atom is 0.289 e. The van der Waals surface area contributed by atoms with Crippen molar-refractivity contribution in [3.8, 4) is 0 Å². The first-order valence-electron chi connectivity index (χ1n) is 8.98. The molecule has 1 fully saturated rings. The van der Waals surface area contributed by atoms with E-state index in [2.05, 4.69) is 5.32 Å². The third-order valence-corrected chi connectivity index (χ3v) is 4.52. The molecule has 3 rings (SSSR count). The third-order valence-electron chi connectivity index (χ3n) is 4.52. The van der Waals surface area contributed by atoms with Gasteiger partial charge in [-0.2, -0.15) is 0 Å². The summed E-state index contributed by atoms with van der Waals surface area (Å²) >= 11 is 0. The van der Waals surface area contributed by atoms with Crippen LogP contribution in [-0.2, 0) is 11.3 Å². The first kappa shape index (κ1) is 18.7. The van der Waals surface area contributed by atoms with Crippen LogP contribution in [0.1, 0.15) is 39.3 Å². The summed E-state index contributed by atoms with van der Waals surface area (Å²) in [5.41, 5.74) is 1.47. The summed E-state index contributed by atoms with van der Waals surface area (Å²) in [4.78, 5) is 39.8. The Morgan fingerprint density at radius 1 is 1.15 bits per heavy atom. The molecule has 1 saturated heterocycles. The van der Waals surface area contributed by atoms with Gasteiger partial charge in [-0.3, -0.25) is 14.4 Å². The molecule has 1 N–H and O–H groups in total. The van der Waals surface area contributed by atoms with Crippen LogP contribution in [0, 0.1) is 0 Å². The van der Waals surface area contributed by atoms with Crippen LogP contribution in [0.2, 0.25) is 0 Å². The first-order chi connectivity index (χ1) is 13.0.